The number of imidazole rings is 1. The standard InChI is InChI=1S/C14H11N3O3/c1-20-10-4-2-9(3-5-10)11-6-7-13-15-8-12(14(18)19)17(13)16-11/h2-8H,1H3,(H,18,19). The highest BCUT2D eigenvalue weighted by atomic mass is 16.5. The Kier molecular flexibility index (Phi) is 2.83. The van der Waals surface area contributed by atoms with Crippen molar-refractivity contribution in [1.29, 1.82) is 0 Å². The Morgan fingerprint density at radius 2 is 1.95 bits per heavy atom. The molecule has 1 aromatic carbocycles. The lowest BCUT2D eigenvalue weighted by Gasteiger charge is -2.04. The number of hydrogen-bond acceptors (Lipinski definition) is 4. The second-order valence-electron chi connectivity index (χ2n) is 4.17. The fourth-order valence-electron chi connectivity index (χ4n) is 1.93. The molecule has 0 aliphatic carbocycles. The van der Waals surface area contributed by atoms with Crippen molar-refractivity contribution in [3.8, 4) is 17.0 Å². The molecule has 0 spiro atoms. The van der Waals surface area contributed by atoms with Crippen molar-refractivity contribution in [2.75, 3.05) is 7.11 Å². The number of rotatable bonds is 3. The summed E-state index contributed by atoms with van der Waals surface area (Å²) in [4.78, 5) is 15.1. The van der Waals surface area contributed by atoms with Crippen molar-refractivity contribution in [3.63, 3.8) is 0 Å². The van der Waals surface area contributed by atoms with E-state index in [1.165, 1.54) is 10.7 Å². The molecule has 3 rings (SSSR count). The van der Waals surface area contributed by atoms with Crippen LogP contribution in [0.25, 0.3) is 16.9 Å². The molecule has 0 fully saturated rings. The number of aromatic nitrogens is 3. The molecule has 0 atom stereocenters. The van der Waals surface area contributed by atoms with Gasteiger partial charge in [-0.1, -0.05) is 0 Å². The fraction of sp³-hybridized carbons (Fsp3) is 0.0714. The molecule has 6 nitrogen and oxygen atoms in total. The van der Waals surface area contributed by atoms with Gasteiger partial charge in [-0.25, -0.2) is 14.3 Å². The lowest BCUT2D eigenvalue weighted by molar-refractivity contribution is 0.0688. The molecule has 0 radical (unpaired) electrons. The maximum atomic E-state index is 11.1. The van der Waals surface area contributed by atoms with Crippen LogP contribution in [0.4, 0.5) is 0 Å². The zero-order valence-electron chi connectivity index (χ0n) is 10.6. The number of fused-ring (bicyclic) bond motifs is 1. The van der Waals surface area contributed by atoms with Crippen LogP contribution in [0.3, 0.4) is 0 Å². The van der Waals surface area contributed by atoms with Gasteiger partial charge in [0.1, 0.15) is 5.75 Å². The predicted molar refractivity (Wildman–Crippen MR) is 71.9 cm³/mol. The first-order chi connectivity index (χ1) is 9.69. The summed E-state index contributed by atoms with van der Waals surface area (Å²) in [6.45, 7) is 0. The van der Waals surface area contributed by atoms with Gasteiger partial charge in [0, 0.05) is 5.56 Å². The Morgan fingerprint density at radius 1 is 1.20 bits per heavy atom. The summed E-state index contributed by atoms with van der Waals surface area (Å²) in [5, 5.41) is 13.4. The number of hydrogen-bond donors (Lipinski definition) is 1. The van der Waals surface area contributed by atoms with Gasteiger partial charge in [0.25, 0.3) is 0 Å². The quantitative estimate of drug-likeness (QED) is 0.788. The van der Waals surface area contributed by atoms with Gasteiger partial charge in [0.2, 0.25) is 0 Å². The van der Waals surface area contributed by atoms with Gasteiger partial charge in [-0.05, 0) is 36.4 Å². The second kappa shape index (κ2) is 4.65. The molecule has 0 saturated heterocycles. The molecule has 0 saturated carbocycles. The average Bonchev–Trinajstić information content (AvgIpc) is 2.90. The van der Waals surface area contributed by atoms with E-state index in [1.54, 1.807) is 19.2 Å². The molecule has 0 bridgehead atoms. The summed E-state index contributed by atoms with van der Waals surface area (Å²) in [6.07, 6.45) is 1.29. The highest BCUT2D eigenvalue weighted by molar-refractivity contribution is 5.86. The minimum atomic E-state index is -1.06. The van der Waals surface area contributed by atoms with Crippen molar-refractivity contribution in [2.45, 2.75) is 0 Å². The molecule has 2 aromatic heterocycles. The van der Waals surface area contributed by atoms with E-state index in [0.29, 0.717) is 11.3 Å². The minimum Gasteiger partial charge on any atom is -0.497 e. The number of nitrogens with zero attached hydrogens (tertiary/aromatic N) is 3. The van der Waals surface area contributed by atoms with E-state index in [4.69, 9.17) is 9.84 Å². The summed E-state index contributed by atoms with van der Waals surface area (Å²) in [5.41, 5.74) is 2.08. The number of carbonyl (C=O) groups is 1. The summed E-state index contributed by atoms with van der Waals surface area (Å²) in [7, 11) is 1.60. The van der Waals surface area contributed by atoms with E-state index in [1.807, 2.05) is 24.3 Å². The van der Waals surface area contributed by atoms with Crippen LogP contribution in [0.15, 0.2) is 42.6 Å². The molecule has 20 heavy (non-hydrogen) atoms. The molecular formula is C14H11N3O3. The molecular weight excluding hydrogens is 258 g/mol. The zero-order valence-corrected chi connectivity index (χ0v) is 10.6. The third-order valence-electron chi connectivity index (χ3n) is 2.97. The van der Waals surface area contributed by atoms with E-state index in [0.717, 1.165) is 11.3 Å². The third kappa shape index (κ3) is 1.97. The third-order valence-corrected chi connectivity index (χ3v) is 2.97. The molecule has 0 unspecified atom stereocenters. The van der Waals surface area contributed by atoms with Crippen molar-refractivity contribution < 1.29 is 14.6 Å². The number of carboxylic acid groups (broad SMARTS) is 1. The number of methoxy groups -OCH3 is 1. The molecule has 3 aromatic rings. The zero-order chi connectivity index (χ0) is 14.1. The smallest absolute Gasteiger partial charge is 0.356 e. The van der Waals surface area contributed by atoms with Gasteiger partial charge in [-0.15, -0.1) is 0 Å². The van der Waals surface area contributed by atoms with Gasteiger partial charge in [0.05, 0.1) is 19.0 Å². The van der Waals surface area contributed by atoms with E-state index >= 15 is 0 Å². The van der Waals surface area contributed by atoms with Gasteiger partial charge < -0.3 is 9.84 Å². The van der Waals surface area contributed by atoms with Crippen molar-refractivity contribution in [2.24, 2.45) is 0 Å². The van der Waals surface area contributed by atoms with Crippen molar-refractivity contribution in [3.05, 3.63) is 48.3 Å². The molecule has 6 heteroatoms. The van der Waals surface area contributed by atoms with E-state index in [2.05, 4.69) is 10.1 Å². The summed E-state index contributed by atoms with van der Waals surface area (Å²) >= 11 is 0. The Bertz CT molecular complexity index is 778. The van der Waals surface area contributed by atoms with E-state index in [9.17, 15) is 4.79 Å². The highest BCUT2D eigenvalue weighted by Gasteiger charge is 2.12. The maximum absolute atomic E-state index is 11.1. The fourth-order valence-corrected chi connectivity index (χ4v) is 1.93. The summed E-state index contributed by atoms with van der Waals surface area (Å²) < 4.78 is 6.42. The molecule has 0 aliphatic heterocycles. The maximum Gasteiger partial charge on any atom is 0.356 e. The van der Waals surface area contributed by atoms with Gasteiger partial charge in [-0.3, -0.25) is 0 Å². The largest absolute Gasteiger partial charge is 0.497 e. The van der Waals surface area contributed by atoms with Gasteiger partial charge in [-0.2, -0.15) is 5.10 Å². The number of carboxylic acids is 1. The molecule has 0 amide bonds. The lowest BCUT2D eigenvalue weighted by atomic mass is 10.1. The first-order valence-corrected chi connectivity index (χ1v) is 5.91. The Labute approximate surface area is 114 Å². The van der Waals surface area contributed by atoms with Gasteiger partial charge >= 0.3 is 5.97 Å². The van der Waals surface area contributed by atoms with Crippen LogP contribution in [0, 0.1) is 0 Å². The average molecular weight is 269 g/mol. The summed E-state index contributed by atoms with van der Waals surface area (Å²) in [6, 6.07) is 10.9. The van der Waals surface area contributed by atoms with Crippen LogP contribution in [0.2, 0.25) is 0 Å². The molecule has 100 valence electrons. The first kappa shape index (κ1) is 12.2. The lowest BCUT2D eigenvalue weighted by Crippen LogP contribution is -2.05. The normalized spacial score (nSPS) is 10.7. The van der Waals surface area contributed by atoms with Crippen LogP contribution in [-0.4, -0.2) is 32.8 Å². The van der Waals surface area contributed by atoms with Crippen LogP contribution in [-0.2, 0) is 0 Å². The number of ether oxygens (including phenoxy) is 1. The number of aromatic carboxylic acids is 1. The predicted octanol–water partition coefficient (Wildman–Crippen LogP) is 2.10. The summed E-state index contributed by atoms with van der Waals surface area (Å²) in [5.74, 6) is -0.305. The Morgan fingerprint density at radius 3 is 2.60 bits per heavy atom. The topological polar surface area (TPSA) is 76.7 Å². The molecule has 2 heterocycles. The number of benzene rings is 1. The van der Waals surface area contributed by atoms with Crippen LogP contribution in [0.5, 0.6) is 5.75 Å². The first-order valence-electron chi connectivity index (χ1n) is 5.91. The molecule has 0 aliphatic rings. The highest BCUT2D eigenvalue weighted by Crippen LogP contribution is 2.21. The van der Waals surface area contributed by atoms with Crippen molar-refractivity contribution in [1.82, 2.24) is 14.6 Å². The molecule has 1 N–H and O–H groups in total. The Balaban J connectivity index is 2.11. The SMILES string of the molecule is COc1ccc(-c2ccc3ncc(C(=O)O)n3n2)cc1. The van der Waals surface area contributed by atoms with Crippen LogP contribution < -0.4 is 4.74 Å². The Hall–Kier alpha value is -2.89. The van der Waals surface area contributed by atoms with Crippen LogP contribution >= 0.6 is 0 Å². The van der Waals surface area contributed by atoms with Crippen molar-refractivity contribution >= 4 is 11.6 Å². The second-order valence-corrected chi connectivity index (χ2v) is 4.17. The monoisotopic (exact) mass is 269 g/mol. The van der Waals surface area contributed by atoms with E-state index < -0.39 is 5.97 Å². The van der Waals surface area contributed by atoms with E-state index in [-0.39, 0.29) is 5.69 Å². The van der Waals surface area contributed by atoms with Crippen LogP contribution in [0.1, 0.15) is 10.5 Å². The minimum absolute atomic E-state index is 0.0374. The van der Waals surface area contributed by atoms with Gasteiger partial charge in [0.15, 0.2) is 11.3 Å².